The molecule has 11 nitrogen and oxygen atoms in total. The predicted molar refractivity (Wildman–Crippen MR) is 185 cm³/mol. The third kappa shape index (κ3) is 18.1. The van der Waals surface area contributed by atoms with Crippen molar-refractivity contribution in [3.8, 4) is 23.0 Å². The van der Waals surface area contributed by atoms with E-state index in [1.165, 1.54) is 5.57 Å². The summed E-state index contributed by atoms with van der Waals surface area (Å²) in [5.74, 6) is 1.29. The molecule has 2 N–H and O–H groups in total. The maximum atomic E-state index is 12.5. The third-order valence-corrected chi connectivity index (χ3v) is 7.02. The molecule has 0 amide bonds. The van der Waals surface area contributed by atoms with E-state index in [0.29, 0.717) is 46.3 Å². The van der Waals surface area contributed by atoms with Crippen molar-refractivity contribution >= 4 is 18.4 Å². The van der Waals surface area contributed by atoms with Crippen LogP contribution < -0.4 is 24.7 Å². The van der Waals surface area contributed by atoms with Crippen LogP contribution in [0.2, 0.25) is 0 Å². The number of allylic oxidation sites excluding steroid dienone is 1. The molecule has 0 radical (unpaired) electrons. The highest BCUT2D eigenvalue weighted by molar-refractivity contribution is 5.91. The second-order valence-electron chi connectivity index (χ2n) is 11.4. The van der Waals surface area contributed by atoms with Gasteiger partial charge in [0.15, 0.2) is 11.5 Å². The molecule has 0 aliphatic rings. The van der Waals surface area contributed by atoms with Gasteiger partial charge in [-0.15, -0.1) is 6.58 Å². The molecule has 0 aliphatic carbocycles. The van der Waals surface area contributed by atoms with E-state index in [9.17, 15) is 4.79 Å². The summed E-state index contributed by atoms with van der Waals surface area (Å²) in [5.41, 5.74) is 5.04. The van der Waals surface area contributed by atoms with Gasteiger partial charge in [-0.3, -0.25) is 0 Å². The Morgan fingerprint density at radius 2 is 1.25 bits per heavy atom. The first-order valence-electron chi connectivity index (χ1n) is 15.9. The molecule has 0 saturated heterocycles. The Labute approximate surface area is 284 Å². The summed E-state index contributed by atoms with van der Waals surface area (Å²) in [4.78, 5) is 35.1. The lowest BCUT2D eigenvalue weighted by atomic mass is 9.86. The van der Waals surface area contributed by atoms with E-state index in [0.717, 1.165) is 51.7 Å². The highest BCUT2D eigenvalue weighted by Crippen LogP contribution is 2.25. The van der Waals surface area contributed by atoms with Crippen molar-refractivity contribution in [3.63, 3.8) is 0 Å². The summed E-state index contributed by atoms with van der Waals surface area (Å²) < 4.78 is 17.1. The average molecular weight is 670 g/mol. The molecule has 3 aromatic carbocycles. The molecule has 0 atom stereocenters. The van der Waals surface area contributed by atoms with Crippen LogP contribution in [0, 0.1) is 5.41 Å². The lowest BCUT2D eigenvalue weighted by Gasteiger charge is -2.26. The first kappa shape index (κ1) is 41.6. The topological polar surface area (TPSA) is 131 Å². The fourth-order valence-corrected chi connectivity index (χ4v) is 3.78. The normalized spacial score (nSPS) is 10.4. The molecule has 0 spiro atoms. The number of anilines is 1. The minimum absolute atomic E-state index is 0.293. The van der Waals surface area contributed by atoms with Crippen molar-refractivity contribution in [1.82, 2.24) is 0 Å². The Hall–Kier alpha value is -4.42. The maximum Gasteiger partial charge on any atom is 0.343 e. The van der Waals surface area contributed by atoms with E-state index in [1.807, 2.05) is 20.6 Å². The van der Waals surface area contributed by atoms with Crippen molar-refractivity contribution in [2.75, 3.05) is 25.3 Å². The second-order valence-corrected chi connectivity index (χ2v) is 11.4. The van der Waals surface area contributed by atoms with Gasteiger partial charge in [-0.05, 0) is 129 Å². The van der Waals surface area contributed by atoms with Gasteiger partial charge in [-0.2, -0.15) is 0 Å². The number of benzene rings is 3. The molecule has 0 aromatic heterocycles. The van der Waals surface area contributed by atoms with Gasteiger partial charge in [0.05, 0.1) is 24.5 Å². The number of carbonyl (C=O) groups excluding carboxylic acids is 2. The van der Waals surface area contributed by atoms with Crippen LogP contribution >= 0.6 is 0 Å². The van der Waals surface area contributed by atoms with Crippen molar-refractivity contribution < 1.29 is 48.9 Å². The highest BCUT2D eigenvalue weighted by Gasteiger charge is 2.19. The van der Waals surface area contributed by atoms with E-state index in [4.69, 9.17) is 34.1 Å². The number of hydrogen-bond donors (Lipinski definition) is 2. The second kappa shape index (κ2) is 24.7. The lowest BCUT2D eigenvalue weighted by molar-refractivity contribution is -0.438. The molecule has 48 heavy (non-hydrogen) atoms. The van der Waals surface area contributed by atoms with Crippen LogP contribution in [0.5, 0.6) is 23.0 Å². The van der Waals surface area contributed by atoms with Gasteiger partial charge in [0, 0.05) is 6.61 Å². The van der Waals surface area contributed by atoms with Crippen LogP contribution in [0.4, 0.5) is 5.69 Å². The fourth-order valence-electron chi connectivity index (χ4n) is 3.78. The molecule has 0 fully saturated rings. The van der Waals surface area contributed by atoms with Gasteiger partial charge in [0.1, 0.15) is 18.3 Å². The van der Waals surface area contributed by atoms with Gasteiger partial charge in [0.25, 0.3) is 0 Å². The van der Waals surface area contributed by atoms with E-state index >= 15 is 0 Å². The minimum atomic E-state index is -0.479. The molecule has 0 heterocycles. The maximum absolute atomic E-state index is 12.5. The molecule has 264 valence electrons. The predicted octanol–water partition coefficient (Wildman–Crippen LogP) is 9.21. The average Bonchev–Trinajstić information content (AvgIpc) is 3.10. The number of unbranched alkanes of at least 4 members (excludes halogenated alkanes) is 3. The van der Waals surface area contributed by atoms with Crippen molar-refractivity contribution in [2.45, 2.75) is 73.1 Å². The standard InChI is InChI=1S/C32H41NO9.C4H8.CH2O/c1-4-32(3,5-2)24-36-22-8-6-7-9-23-37-27-14-10-25(11-15-27)31(34)38-28-18-20-29(21-19-28)39-41-33-26-12-16-30(17-13-26)40-42-35;1-4(2)3;1-2/h10-21,33,35H,4-9,22-24H2,1-3H3;1H2,2-3H3;1H2. The van der Waals surface area contributed by atoms with Crippen molar-refractivity contribution in [3.05, 3.63) is 90.5 Å². The zero-order valence-corrected chi connectivity index (χ0v) is 28.8. The van der Waals surface area contributed by atoms with Crippen LogP contribution in [0.3, 0.4) is 0 Å². The van der Waals surface area contributed by atoms with Gasteiger partial charge >= 0.3 is 5.97 Å². The summed E-state index contributed by atoms with van der Waals surface area (Å²) in [7, 11) is 0. The summed E-state index contributed by atoms with van der Waals surface area (Å²) >= 11 is 0. The van der Waals surface area contributed by atoms with E-state index < -0.39 is 5.97 Å². The molecule has 0 unspecified atom stereocenters. The first-order valence-corrected chi connectivity index (χ1v) is 15.9. The zero-order chi connectivity index (χ0) is 35.6. The van der Waals surface area contributed by atoms with Gasteiger partial charge in [0.2, 0.25) is 0 Å². The number of ether oxygens (including phenoxy) is 3. The van der Waals surface area contributed by atoms with E-state index in [2.05, 4.69) is 42.8 Å². The van der Waals surface area contributed by atoms with E-state index in [-0.39, 0.29) is 0 Å². The molecular formula is C37H51NO10. The number of carbonyl (C=O) groups is 2. The van der Waals surface area contributed by atoms with Gasteiger partial charge in [-0.25, -0.2) is 15.5 Å². The number of hydrogen-bond acceptors (Lipinski definition) is 11. The summed E-state index contributed by atoms with van der Waals surface area (Å²) in [6.45, 7) is 18.5. The smallest absolute Gasteiger partial charge is 0.343 e. The summed E-state index contributed by atoms with van der Waals surface area (Å²) in [6, 6.07) is 19.6. The third-order valence-electron chi connectivity index (χ3n) is 7.02. The molecule has 3 rings (SSSR count). The SMILES string of the molecule is C=C(C)C.C=O.CCC(C)(CC)COCCCCCCOc1ccc(C(=O)Oc2ccc(OONc3ccc(OOO)cc3)cc2)cc1. The van der Waals surface area contributed by atoms with Gasteiger partial charge in [-0.1, -0.05) is 37.8 Å². The molecule has 0 saturated carbocycles. The Bertz CT molecular complexity index is 1270. The Balaban J connectivity index is 0.00000178. The Morgan fingerprint density at radius 1 is 0.750 bits per heavy atom. The molecule has 11 heteroatoms. The molecule has 0 aliphatic heterocycles. The number of nitrogens with one attached hydrogen (secondary N) is 1. The Kier molecular flexibility index (Phi) is 21.4. The first-order chi connectivity index (χ1) is 23.2. The van der Waals surface area contributed by atoms with Crippen molar-refractivity contribution in [2.24, 2.45) is 5.41 Å². The van der Waals surface area contributed by atoms with Crippen molar-refractivity contribution in [1.29, 1.82) is 0 Å². The van der Waals surface area contributed by atoms with Crippen LogP contribution in [0.1, 0.15) is 83.5 Å². The number of rotatable bonds is 20. The Morgan fingerprint density at radius 3 is 1.81 bits per heavy atom. The van der Waals surface area contributed by atoms with Crippen LogP contribution in [0.15, 0.2) is 84.9 Å². The van der Waals surface area contributed by atoms with Crippen LogP contribution in [-0.4, -0.2) is 37.8 Å². The summed E-state index contributed by atoms with van der Waals surface area (Å²) in [5, 5.41) is 11.9. The molecule has 0 bridgehead atoms. The molecule has 3 aromatic rings. The van der Waals surface area contributed by atoms with Gasteiger partial charge < -0.3 is 28.8 Å². The van der Waals surface area contributed by atoms with Crippen LogP contribution in [0.25, 0.3) is 0 Å². The number of esters is 1. The summed E-state index contributed by atoms with van der Waals surface area (Å²) in [6.07, 6.45) is 6.52. The monoisotopic (exact) mass is 669 g/mol. The largest absolute Gasteiger partial charge is 0.494 e. The molecular weight excluding hydrogens is 618 g/mol. The highest BCUT2D eigenvalue weighted by atomic mass is 17.5. The van der Waals surface area contributed by atoms with Crippen LogP contribution in [-0.2, 0) is 19.6 Å². The van der Waals surface area contributed by atoms with E-state index in [1.54, 1.807) is 72.8 Å². The zero-order valence-electron chi connectivity index (χ0n) is 28.8. The lowest BCUT2D eigenvalue weighted by Crippen LogP contribution is -2.21. The minimum Gasteiger partial charge on any atom is -0.494 e. The quantitative estimate of drug-likeness (QED) is 0.0298. The fraction of sp³-hybridized carbons (Fsp3) is 0.405.